The van der Waals surface area contributed by atoms with Gasteiger partial charge in [-0.3, -0.25) is 10.1 Å². The normalized spacial score (nSPS) is 10.7. The van der Waals surface area contributed by atoms with Crippen LogP contribution in [-0.4, -0.2) is 36.6 Å². The largest absolute Gasteiger partial charge is 0.403 e. The van der Waals surface area contributed by atoms with Gasteiger partial charge in [0, 0.05) is 5.56 Å². The van der Waals surface area contributed by atoms with Gasteiger partial charge < -0.3 is 4.42 Å². The van der Waals surface area contributed by atoms with Crippen LogP contribution in [0, 0.1) is 0 Å². The minimum atomic E-state index is -0.278. The van der Waals surface area contributed by atoms with Gasteiger partial charge in [0.25, 0.3) is 0 Å². The maximum atomic E-state index is 12.1. The molecule has 8 nitrogen and oxygen atoms in total. The average Bonchev–Trinajstić information content (AvgIpc) is 3.37. The lowest BCUT2D eigenvalue weighted by Crippen LogP contribution is -2.14. The fourth-order valence-corrected chi connectivity index (χ4v) is 2.88. The van der Waals surface area contributed by atoms with Crippen LogP contribution in [0.1, 0.15) is 0 Å². The van der Waals surface area contributed by atoms with Gasteiger partial charge in [0.15, 0.2) is 0 Å². The molecule has 0 saturated heterocycles. The Morgan fingerprint density at radius 1 is 1.04 bits per heavy atom. The lowest BCUT2D eigenvalue weighted by molar-refractivity contribution is -0.113. The summed E-state index contributed by atoms with van der Waals surface area (Å²) in [5.41, 5.74) is 1.69. The first-order chi connectivity index (χ1) is 13.3. The molecule has 2 heterocycles. The number of nitrogens with zero attached hydrogens (tertiary/aromatic N) is 5. The van der Waals surface area contributed by atoms with E-state index in [-0.39, 0.29) is 17.7 Å². The number of aromatic nitrogens is 5. The van der Waals surface area contributed by atoms with Crippen molar-refractivity contribution in [3.63, 3.8) is 0 Å². The predicted molar refractivity (Wildman–Crippen MR) is 100 cm³/mol. The van der Waals surface area contributed by atoms with Crippen LogP contribution in [0.3, 0.4) is 0 Å². The highest BCUT2D eigenvalue weighted by Crippen LogP contribution is 2.20. The van der Waals surface area contributed by atoms with Crippen molar-refractivity contribution in [2.45, 2.75) is 5.16 Å². The van der Waals surface area contributed by atoms with Gasteiger partial charge >= 0.3 is 6.01 Å². The monoisotopic (exact) mass is 378 g/mol. The molecule has 4 rings (SSSR count). The zero-order valence-corrected chi connectivity index (χ0v) is 14.8. The molecule has 9 heteroatoms. The molecule has 0 unspecified atom stereocenters. The summed E-state index contributed by atoms with van der Waals surface area (Å²) in [5.74, 6) is 0.197. The van der Waals surface area contributed by atoms with Crippen molar-refractivity contribution in [1.82, 2.24) is 25.0 Å². The van der Waals surface area contributed by atoms with Gasteiger partial charge in [0.2, 0.25) is 17.0 Å². The van der Waals surface area contributed by atoms with E-state index in [1.165, 1.54) is 11.8 Å². The van der Waals surface area contributed by atoms with Crippen LogP contribution in [0.4, 0.5) is 6.01 Å². The molecule has 0 aliphatic carbocycles. The predicted octanol–water partition coefficient (Wildman–Crippen LogP) is 3.05. The lowest BCUT2D eigenvalue weighted by atomic mass is 10.2. The SMILES string of the molecule is O=C(CSc1ncn(-c2ccccc2)n1)Nc1nnc(-c2ccccc2)o1. The Bertz CT molecular complexity index is 1030. The smallest absolute Gasteiger partial charge is 0.322 e. The third-order valence-corrected chi connectivity index (χ3v) is 4.37. The number of para-hydroxylation sites is 1. The number of hydrogen-bond acceptors (Lipinski definition) is 7. The molecule has 2 aromatic heterocycles. The van der Waals surface area contributed by atoms with Crippen molar-refractivity contribution in [1.29, 1.82) is 0 Å². The van der Waals surface area contributed by atoms with Crippen LogP contribution in [0.15, 0.2) is 76.6 Å². The van der Waals surface area contributed by atoms with Crippen LogP contribution in [0.25, 0.3) is 17.1 Å². The molecule has 4 aromatic rings. The molecule has 0 aliphatic heterocycles. The highest BCUT2D eigenvalue weighted by molar-refractivity contribution is 7.99. The summed E-state index contributed by atoms with van der Waals surface area (Å²) in [6, 6.07) is 19.0. The molecule has 1 amide bonds. The first-order valence-electron chi connectivity index (χ1n) is 8.06. The first-order valence-corrected chi connectivity index (χ1v) is 9.05. The summed E-state index contributed by atoms with van der Waals surface area (Å²) in [4.78, 5) is 16.3. The van der Waals surface area contributed by atoms with Crippen LogP contribution >= 0.6 is 11.8 Å². The van der Waals surface area contributed by atoms with Gasteiger partial charge in [0.1, 0.15) is 6.33 Å². The average molecular weight is 378 g/mol. The van der Waals surface area contributed by atoms with E-state index in [4.69, 9.17) is 4.42 Å². The van der Waals surface area contributed by atoms with Gasteiger partial charge in [-0.25, -0.2) is 9.67 Å². The topological polar surface area (TPSA) is 98.7 Å². The molecule has 0 radical (unpaired) electrons. The Kier molecular flexibility index (Phi) is 4.93. The summed E-state index contributed by atoms with van der Waals surface area (Å²) in [6.45, 7) is 0. The number of nitrogens with one attached hydrogen (secondary N) is 1. The van der Waals surface area contributed by atoms with Gasteiger partial charge in [-0.05, 0) is 24.3 Å². The second-order valence-corrected chi connectivity index (χ2v) is 6.37. The number of carbonyl (C=O) groups is 1. The van der Waals surface area contributed by atoms with Gasteiger partial charge in [-0.15, -0.1) is 10.2 Å². The fraction of sp³-hybridized carbons (Fsp3) is 0.0556. The van der Waals surface area contributed by atoms with E-state index in [9.17, 15) is 4.79 Å². The third kappa shape index (κ3) is 4.21. The molecule has 2 aromatic carbocycles. The Labute approximate surface area is 158 Å². The van der Waals surface area contributed by atoms with E-state index in [1.54, 1.807) is 11.0 Å². The number of thioether (sulfide) groups is 1. The van der Waals surface area contributed by atoms with E-state index in [0.717, 1.165) is 11.3 Å². The van der Waals surface area contributed by atoms with Crippen LogP contribution < -0.4 is 5.32 Å². The van der Waals surface area contributed by atoms with E-state index in [0.29, 0.717) is 11.0 Å². The molecule has 1 N–H and O–H groups in total. The Hall–Kier alpha value is -3.46. The Morgan fingerprint density at radius 2 is 1.78 bits per heavy atom. The van der Waals surface area contributed by atoms with E-state index >= 15 is 0 Å². The summed E-state index contributed by atoms with van der Waals surface area (Å²) < 4.78 is 7.11. The molecule has 0 aliphatic rings. The van der Waals surface area contributed by atoms with Gasteiger partial charge in [0.05, 0.1) is 11.4 Å². The molecule has 0 fully saturated rings. The highest BCUT2D eigenvalue weighted by Gasteiger charge is 2.12. The fourth-order valence-electron chi connectivity index (χ4n) is 2.28. The summed E-state index contributed by atoms with van der Waals surface area (Å²) in [5, 5.41) is 15.2. The molecule has 0 bridgehead atoms. The number of benzene rings is 2. The van der Waals surface area contributed by atoms with Crippen LogP contribution in [0.5, 0.6) is 0 Å². The second-order valence-electron chi connectivity index (χ2n) is 5.42. The molecular weight excluding hydrogens is 364 g/mol. The number of hydrogen-bond donors (Lipinski definition) is 1. The zero-order chi connectivity index (χ0) is 18.5. The van der Waals surface area contributed by atoms with E-state index in [2.05, 4.69) is 25.6 Å². The van der Waals surface area contributed by atoms with Crippen molar-refractivity contribution in [2.75, 3.05) is 11.1 Å². The maximum absolute atomic E-state index is 12.1. The van der Waals surface area contributed by atoms with E-state index in [1.807, 2.05) is 60.7 Å². The molecule has 0 spiro atoms. The molecule has 0 atom stereocenters. The van der Waals surface area contributed by atoms with Gasteiger partial charge in [-0.2, -0.15) is 0 Å². The second kappa shape index (κ2) is 7.83. The molecule has 27 heavy (non-hydrogen) atoms. The Balaban J connectivity index is 1.33. The molecular formula is C18H14N6O2S. The van der Waals surface area contributed by atoms with Crippen molar-refractivity contribution in [3.05, 3.63) is 67.0 Å². The molecule has 134 valence electrons. The maximum Gasteiger partial charge on any atom is 0.322 e. The van der Waals surface area contributed by atoms with Gasteiger partial charge in [-0.1, -0.05) is 53.3 Å². The minimum Gasteiger partial charge on any atom is -0.403 e. The Morgan fingerprint density at radius 3 is 2.56 bits per heavy atom. The van der Waals surface area contributed by atoms with Crippen molar-refractivity contribution >= 4 is 23.7 Å². The number of amides is 1. The third-order valence-electron chi connectivity index (χ3n) is 3.52. The van der Waals surface area contributed by atoms with Crippen LogP contribution in [0.2, 0.25) is 0 Å². The zero-order valence-electron chi connectivity index (χ0n) is 14.0. The summed E-state index contributed by atoms with van der Waals surface area (Å²) in [7, 11) is 0. The van der Waals surface area contributed by atoms with Crippen molar-refractivity contribution in [2.24, 2.45) is 0 Å². The molecule has 0 saturated carbocycles. The number of carbonyl (C=O) groups excluding carboxylic acids is 1. The van der Waals surface area contributed by atoms with Crippen molar-refractivity contribution < 1.29 is 9.21 Å². The standard InChI is InChI=1S/C18H14N6O2S/c25-15(20-17-22-21-16(26-17)13-7-3-1-4-8-13)11-27-18-19-12-24(23-18)14-9-5-2-6-10-14/h1-10,12H,11H2,(H,20,22,25). The van der Waals surface area contributed by atoms with Crippen LogP contribution in [-0.2, 0) is 4.79 Å². The van der Waals surface area contributed by atoms with E-state index < -0.39 is 0 Å². The minimum absolute atomic E-state index is 0.0576. The summed E-state index contributed by atoms with van der Waals surface area (Å²) >= 11 is 1.22. The lowest BCUT2D eigenvalue weighted by Gasteiger charge is -1.99. The van der Waals surface area contributed by atoms with Crippen molar-refractivity contribution in [3.8, 4) is 17.1 Å². The first kappa shape index (κ1) is 17.0. The highest BCUT2D eigenvalue weighted by atomic mass is 32.2. The quantitative estimate of drug-likeness (QED) is 0.515. The number of anilines is 1. The summed E-state index contributed by atoms with van der Waals surface area (Å²) in [6.07, 6.45) is 1.61. The number of rotatable bonds is 6.